The largest absolute Gasteiger partial charge is 0.493 e. The van der Waals surface area contributed by atoms with E-state index in [-0.39, 0.29) is 23.8 Å². The van der Waals surface area contributed by atoms with Gasteiger partial charge in [-0.25, -0.2) is 9.78 Å². The van der Waals surface area contributed by atoms with Gasteiger partial charge in [0, 0.05) is 46.7 Å². The Kier molecular flexibility index (Phi) is 5.54. The monoisotopic (exact) mass is 493 g/mol. The summed E-state index contributed by atoms with van der Waals surface area (Å²) in [5, 5.41) is 17.3. The number of hydrogen-bond donors (Lipinski definition) is 3. The van der Waals surface area contributed by atoms with Crippen molar-refractivity contribution in [3.05, 3.63) is 55.5 Å². The minimum Gasteiger partial charge on any atom is -0.493 e. The van der Waals surface area contributed by atoms with E-state index in [2.05, 4.69) is 45.3 Å². The van der Waals surface area contributed by atoms with Crippen LogP contribution in [0.15, 0.2) is 33.5 Å². The summed E-state index contributed by atoms with van der Waals surface area (Å²) in [5.74, 6) is -0.220. The second-order valence-corrected chi connectivity index (χ2v) is 10.4. The van der Waals surface area contributed by atoms with Crippen molar-refractivity contribution in [2.75, 3.05) is 13.1 Å². The molecule has 5 heterocycles. The van der Waals surface area contributed by atoms with E-state index in [0.717, 1.165) is 49.2 Å². The SMILES string of the molecule is CC1CN(Cc2cc(-c3cc(=NC4CC4)n4nc/c(=C/c5[nH]c(=O)[nH]c5O)c4n3)cs2)CC(C)O1. The first kappa shape index (κ1) is 22.2. The molecule has 0 aromatic carbocycles. The van der Waals surface area contributed by atoms with Gasteiger partial charge < -0.3 is 14.8 Å². The summed E-state index contributed by atoms with van der Waals surface area (Å²) in [4.78, 5) is 29.9. The van der Waals surface area contributed by atoms with Crippen LogP contribution < -0.4 is 16.4 Å². The van der Waals surface area contributed by atoms with Gasteiger partial charge in [0.15, 0.2) is 11.1 Å². The van der Waals surface area contributed by atoms with Crippen molar-refractivity contribution in [1.82, 2.24) is 29.5 Å². The maximum absolute atomic E-state index is 11.6. The molecule has 2 aliphatic rings. The molecule has 6 rings (SSSR count). The number of aromatic amines is 2. The Morgan fingerprint density at radius 2 is 2.06 bits per heavy atom. The number of rotatable bonds is 5. The highest BCUT2D eigenvalue weighted by Gasteiger charge is 2.23. The number of nitrogens with one attached hydrogen (secondary N) is 2. The molecule has 2 unspecified atom stereocenters. The zero-order valence-electron chi connectivity index (χ0n) is 19.6. The Morgan fingerprint density at radius 3 is 2.77 bits per heavy atom. The van der Waals surface area contributed by atoms with Crippen LogP contribution in [-0.2, 0) is 11.3 Å². The van der Waals surface area contributed by atoms with E-state index in [9.17, 15) is 9.90 Å². The molecular weight excluding hydrogens is 466 g/mol. The summed E-state index contributed by atoms with van der Waals surface area (Å²) in [7, 11) is 0. The molecule has 4 aromatic rings. The molecule has 1 aliphatic carbocycles. The van der Waals surface area contributed by atoms with Gasteiger partial charge in [0.05, 0.1) is 30.1 Å². The van der Waals surface area contributed by atoms with E-state index in [1.807, 2.05) is 6.07 Å². The van der Waals surface area contributed by atoms with Crippen LogP contribution in [-0.4, -0.2) is 65.9 Å². The van der Waals surface area contributed by atoms with Crippen LogP contribution in [0.4, 0.5) is 0 Å². The predicted molar refractivity (Wildman–Crippen MR) is 132 cm³/mol. The lowest BCUT2D eigenvalue weighted by molar-refractivity contribution is -0.0702. The van der Waals surface area contributed by atoms with Crippen molar-refractivity contribution in [2.45, 2.75) is 51.5 Å². The van der Waals surface area contributed by atoms with Gasteiger partial charge in [0.25, 0.3) is 0 Å². The average molecular weight is 494 g/mol. The molecule has 3 N–H and O–H groups in total. The zero-order chi connectivity index (χ0) is 24.1. The lowest BCUT2D eigenvalue weighted by Gasteiger charge is -2.34. The van der Waals surface area contributed by atoms with Crippen molar-refractivity contribution >= 4 is 23.1 Å². The summed E-state index contributed by atoms with van der Waals surface area (Å²) in [6, 6.07) is 4.51. The molecule has 1 saturated carbocycles. The van der Waals surface area contributed by atoms with Crippen LogP contribution in [0.2, 0.25) is 0 Å². The van der Waals surface area contributed by atoms with Crippen LogP contribution >= 0.6 is 11.3 Å². The van der Waals surface area contributed by atoms with Gasteiger partial charge in [-0.2, -0.15) is 9.61 Å². The van der Waals surface area contributed by atoms with Crippen LogP contribution in [0.1, 0.15) is 37.3 Å². The van der Waals surface area contributed by atoms with Gasteiger partial charge in [0.2, 0.25) is 5.88 Å². The van der Waals surface area contributed by atoms with Gasteiger partial charge in [-0.1, -0.05) is 0 Å². The van der Waals surface area contributed by atoms with Crippen LogP contribution in [0.25, 0.3) is 23.0 Å². The Labute approximate surface area is 204 Å². The third-order valence-electron chi connectivity index (χ3n) is 6.20. The molecule has 2 fully saturated rings. The smallest absolute Gasteiger partial charge is 0.326 e. The molecule has 182 valence electrons. The van der Waals surface area contributed by atoms with E-state index in [0.29, 0.717) is 16.9 Å². The molecule has 1 saturated heterocycles. The van der Waals surface area contributed by atoms with E-state index in [4.69, 9.17) is 14.7 Å². The maximum Gasteiger partial charge on any atom is 0.326 e. The Bertz CT molecular complexity index is 1550. The number of aromatic nitrogens is 5. The fraction of sp³-hybridized carbons (Fsp3) is 0.417. The second-order valence-electron chi connectivity index (χ2n) is 9.43. The Balaban J connectivity index is 1.40. The highest BCUT2D eigenvalue weighted by atomic mass is 32.1. The predicted octanol–water partition coefficient (Wildman–Crippen LogP) is 1.40. The Hall–Kier alpha value is -3.28. The van der Waals surface area contributed by atoms with E-state index in [1.165, 1.54) is 4.88 Å². The standard InChI is InChI=1S/C24H27N7O3S/c1-13-9-30(10-14(2)34-13)11-18-5-16(12-35-18)19-7-21(26-17-3-4-17)31-22(27-19)15(8-25-31)6-20-23(32)29-24(33)28-20/h5-8,12-14,17,32H,3-4,9-11H2,1-2H3,(H2,28,29,33)/b15-6-,26-21?. The molecule has 35 heavy (non-hydrogen) atoms. The van der Waals surface area contributed by atoms with Gasteiger partial charge in [-0.15, -0.1) is 11.3 Å². The number of ether oxygens (including phenoxy) is 1. The highest BCUT2D eigenvalue weighted by molar-refractivity contribution is 7.10. The number of thiophene rings is 1. The number of H-pyrrole nitrogens is 2. The molecule has 0 bridgehead atoms. The fourth-order valence-electron chi connectivity index (χ4n) is 4.58. The lowest BCUT2D eigenvalue weighted by Crippen LogP contribution is -2.44. The first-order valence-electron chi connectivity index (χ1n) is 11.8. The molecule has 10 nitrogen and oxygen atoms in total. The molecule has 0 radical (unpaired) electrons. The molecule has 11 heteroatoms. The number of hydrogen-bond acceptors (Lipinski definition) is 8. The van der Waals surface area contributed by atoms with E-state index in [1.54, 1.807) is 28.1 Å². The number of imidazole rings is 1. The number of fused-ring (bicyclic) bond motifs is 1. The zero-order valence-corrected chi connectivity index (χ0v) is 20.4. The maximum atomic E-state index is 11.6. The van der Waals surface area contributed by atoms with Crippen molar-refractivity contribution in [1.29, 1.82) is 0 Å². The lowest BCUT2D eigenvalue weighted by atomic mass is 10.2. The van der Waals surface area contributed by atoms with Crippen molar-refractivity contribution < 1.29 is 9.84 Å². The minimum atomic E-state index is -0.474. The van der Waals surface area contributed by atoms with Gasteiger partial charge >= 0.3 is 5.69 Å². The average Bonchev–Trinajstić information content (AvgIpc) is 3.18. The van der Waals surface area contributed by atoms with Crippen LogP contribution in [0.3, 0.4) is 0 Å². The fourth-order valence-corrected chi connectivity index (χ4v) is 5.49. The molecule has 0 amide bonds. The normalized spacial score (nSPS) is 22.5. The third kappa shape index (κ3) is 4.66. The summed E-state index contributed by atoms with van der Waals surface area (Å²) in [6.45, 7) is 6.98. The topological polar surface area (TPSA) is 124 Å². The molecule has 4 aromatic heterocycles. The third-order valence-corrected chi connectivity index (χ3v) is 7.12. The van der Waals surface area contributed by atoms with Crippen molar-refractivity contribution in [3.63, 3.8) is 0 Å². The first-order valence-corrected chi connectivity index (χ1v) is 12.7. The number of nitrogens with zero attached hydrogens (tertiary/aromatic N) is 5. The summed E-state index contributed by atoms with van der Waals surface area (Å²) in [6.07, 6.45) is 5.96. The quantitative estimate of drug-likeness (QED) is 0.386. The molecular formula is C24H27N7O3S. The van der Waals surface area contributed by atoms with E-state index >= 15 is 0 Å². The summed E-state index contributed by atoms with van der Waals surface area (Å²) < 4.78 is 7.59. The van der Waals surface area contributed by atoms with Gasteiger partial charge in [0.1, 0.15) is 5.69 Å². The molecule has 1 aliphatic heterocycles. The van der Waals surface area contributed by atoms with Gasteiger partial charge in [-0.05, 0) is 38.8 Å². The number of aromatic hydroxyl groups is 1. The van der Waals surface area contributed by atoms with Crippen LogP contribution in [0.5, 0.6) is 5.88 Å². The highest BCUT2D eigenvalue weighted by Crippen LogP contribution is 2.26. The summed E-state index contributed by atoms with van der Waals surface area (Å²) >= 11 is 1.73. The van der Waals surface area contributed by atoms with Crippen molar-refractivity contribution in [2.24, 2.45) is 4.99 Å². The van der Waals surface area contributed by atoms with Crippen LogP contribution in [0, 0.1) is 0 Å². The first-order chi connectivity index (χ1) is 16.9. The molecule has 0 spiro atoms. The minimum absolute atomic E-state index is 0.220. The van der Waals surface area contributed by atoms with Gasteiger partial charge in [-0.3, -0.25) is 14.9 Å². The number of morpholine rings is 1. The summed E-state index contributed by atoms with van der Waals surface area (Å²) in [5.41, 5.74) is 3.04. The molecule has 2 atom stereocenters. The Morgan fingerprint density at radius 1 is 1.26 bits per heavy atom. The van der Waals surface area contributed by atoms with Crippen molar-refractivity contribution in [3.8, 4) is 17.1 Å². The second kappa shape index (κ2) is 8.74. The van der Waals surface area contributed by atoms with E-state index < -0.39 is 5.69 Å².